The molecule has 11 heteroatoms. The molecule has 3 aliphatic heterocycles. The van der Waals surface area contributed by atoms with E-state index in [0.717, 1.165) is 13.0 Å². The number of fused-ring (bicyclic) bond motifs is 3. The van der Waals surface area contributed by atoms with Gasteiger partial charge in [-0.15, -0.1) is 0 Å². The van der Waals surface area contributed by atoms with Crippen molar-refractivity contribution < 1.29 is 27.9 Å². The van der Waals surface area contributed by atoms with Crippen LogP contribution in [0.25, 0.3) is 32.8 Å². The molecular formula is C33H38F3N5O3. The minimum Gasteiger partial charge on any atom is -0.508 e. The van der Waals surface area contributed by atoms with Gasteiger partial charge in [-0.1, -0.05) is 44.7 Å². The zero-order chi connectivity index (χ0) is 31.4. The molecule has 3 atom stereocenters. The Hall–Kier alpha value is -3.93. The number of hydrogen-bond acceptors (Lipinski definition) is 8. The Morgan fingerprint density at radius 1 is 1.16 bits per heavy atom. The Bertz CT molecular complexity index is 1620. The van der Waals surface area contributed by atoms with Crippen molar-refractivity contribution in [3.63, 3.8) is 0 Å². The first-order valence-corrected chi connectivity index (χ1v) is 15.0. The number of alkyl halides is 1. The summed E-state index contributed by atoms with van der Waals surface area (Å²) in [5.74, 6) is -1.55. The number of aromatic hydroxyl groups is 1. The van der Waals surface area contributed by atoms with Gasteiger partial charge in [-0.25, -0.2) is 18.7 Å². The fourth-order valence-electron chi connectivity index (χ4n) is 6.18. The summed E-state index contributed by atoms with van der Waals surface area (Å²) in [6, 6.07) is 11.5. The van der Waals surface area contributed by atoms with Gasteiger partial charge in [0.1, 0.15) is 29.1 Å². The SMILES string of the molecule is C=CN(c1nc(OC)nc2c(F)c(-c3cc(O)cc4ccccc34)c(F)cc12)[C@@H]1CNOC1.CC.FC1CC2CCCN2C1. The van der Waals surface area contributed by atoms with E-state index in [2.05, 4.69) is 26.9 Å². The van der Waals surface area contributed by atoms with Gasteiger partial charge in [-0.3, -0.25) is 9.74 Å². The first-order valence-electron chi connectivity index (χ1n) is 15.0. The average Bonchev–Trinajstić information content (AvgIpc) is 3.78. The van der Waals surface area contributed by atoms with Crippen LogP contribution < -0.4 is 15.1 Å². The van der Waals surface area contributed by atoms with Gasteiger partial charge < -0.3 is 14.7 Å². The van der Waals surface area contributed by atoms with Crippen LogP contribution in [0.15, 0.2) is 55.2 Å². The number of anilines is 1. The molecule has 7 rings (SSSR count). The maximum atomic E-state index is 16.0. The van der Waals surface area contributed by atoms with E-state index in [4.69, 9.17) is 9.57 Å². The van der Waals surface area contributed by atoms with Gasteiger partial charge in [-0.2, -0.15) is 9.97 Å². The number of methoxy groups -OCH3 is 1. The molecule has 2 N–H and O–H groups in total. The van der Waals surface area contributed by atoms with Gasteiger partial charge in [-0.05, 0) is 66.5 Å². The van der Waals surface area contributed by atoms with Crippen molar-refractivity contribution in [3.05, 3.63) is 66.9 Å². The number of hydrogen-bond donors (Lipinski definition) is 2. The summed E-state index contributed by atoms with van der Waals surface area (Å²) in [6.07, 6.45) is 4.34. The Kier molecular flexibility index (Phi) is 9.87. The van der Waals surface area contributed by atoms with E-state index >= 15 is 8.78 Å². The molecule has 8 nitrogen and oxygen atoms in total. The number of halogens is 3. The second-order valence-electron chi connectivity index (χ2n) is 10.7. The smallest absolute Gasteiger partial charge is 0.318 e. The lowest BCUT2D eigenvalue weighted by Crippen LogP contribution is -2.35. The largest absolute Gasteiger partial charge is 0.508 e. The van der Waals surface area contributed by atoms with Crippen LogP contribution in [0.3, 0.4) is 0 Å². The molecule has 0 aliphatic carbocycles. The molecule has 3 saturated heterocycles. The van der Waals surface area contributed by atoms with Gasteiger partial charge in [0.25, 0.3) is 0 Å². The number of phenols is 1. The van der Waals surface area contributed by atoms with Crippen molar-refractivity contribution in [2.75, 3.05) is 38.3 Å². The lowest BCUT2D eigenvalue weighted by molar-refractivity contribution is 0.101. The van der Waals surface area contributed by atoms with Crippen LogP contribution in [0, 0.1) is 11.6 Å². The third-order valence-electron chi connectivity index (χ3n) is 8.13. The van der Waals surface area contributed by atoms with Crippen LogP contribution in [-0.4, -0.2) is 71.6 Å². The lowest BCUT2D eigenvalue weighted by atomic mass is 9.95. The highest BCUT2D eigenvalue weighted by Gasteiger charge is 2.34. The van der Waals surface area contributed by atoms with Gasteiger partial charge >= 0.3 is 6.01 Å². The normalized spacial score (nSPS) is 20.9. The number of benzene rings is 3. The highest BCUT2D eigenvalue weighted by atomic mass is 19.1. The van der Waals surface area contributed by atoms with E-state index in [0.29, 0.717) is 36.5 Å². The summed E-state index contributed by atoms with van der Waals surface area (Å²) in [7, 11) is 1.37. The summed E-state index contributed by atoms with van der Waals surface area (Å²) in [4.78, 5) is 17.7. The third kappa shape index (κ3) is 6.17. The number of aromatic nitrogens is 2. The Labute approximate surface area is 255 Å². The van der Waals surface area contributed by atoms with Crippen molar-refractivity contribution in [3.8, 4) is 22.9 Å². The van der Waals surface area contributed by atoms with E-state index < -0.39 is 17.8 Å². The predicted octanol–water partition coefficient (Wildman–Crippen LogP) is 6.51. The number of ether oxygens (including phenoxy) is 1. The second-order valence-corrected chi connectivity index (χ2v) is 10.7. The molecule has 2 unspecified atom stereocenters. The maximum absolute atomic E-state index is 16.0. The lowest BCUT2D eigenvalue weighted by Gasteiger charge is -2.26. The second kappa shape index (κ2) is 13.8. The molecule has 0 radical (unpaired) electrons. The molecule has 3 aliphatic rings. The summed E-state index contributed by atoms with van der Waals surface area (Å²) in [6.45, 7) is 10.5. The zero-order valence-corrected chi connectivity index (χ0v) is 25.2. The van der Waals surface area contributed by atoms with Crippen LogP contribution >= 0.6 is 0 Å². The van der Waals surface area contributed by atoms with Crippen molar-refractivity contribution in [1.82, 2.24) is 20.3 Å². The van der Waals surface area contributed by atoms with Crippen LogP contribution in [-0.2, 0) is 4.84 Å². The van der Waals surface area contributed by atoms with Crippen LogP contribution in [0.1, 0.15) is 33.1 Å². The molecule has 0 spiro atoms. The number of rotatable bonds is 5. The van der Waals surface area contributed by atoms with Gasteiger partial charge in [0.2, 0.25) is 0 Å². The fraction of sp³-hybridized carbons (Fsp3) is 0.394. The van der Waals surface area contributed by atoms with Crippen LogP contribution in [0.4, 0.5) is 19.0 Å². The van der Waals surface area contributed by atoms with Crippen molar-refractivity contribution in [2.45, 2.75) is 51.4 Å². The van der Waals surface area contributed by atoms with Crippen molar-refractivity contribution in [2.24, 2.45) is 0 Å². The van der Waals surface area contributed by atoms with Gasteiger partial charge in [0.05, 0.1) is 25.3 Å². The molecule has 4 heterocycles. The van der Waals surface area contributed by atoms with Gasteiger partial charge in [0, 0.05) is 24.5 Å². The summed E-state index contributed by atoms with van der Waals surface area (Å²) >= 11 is 0. The van der Waals surface area contributed by atoms with Gasteiger partial charge in [0.15, 0.2) is 5.82 Å². The molecule has 1 aromatic heterocycles. The zero-order valence-electron chi connectivity index (χ0n) is 25.2. The number of hydroxylamine groups is 1. The fourth-order valence-corrected chi connectivity index (χ4v) is 6.18. The highest BCUT2D eigenvalue weighted by molar-refractivity contribution is 6.01. The summed E-state index contributed by atoms with van der Waals surface area (Å²) < 4.78 is 49.3. The van der Waals surface area contributed by atoms with Crippen molar-refractivity contribution in [1.29, 1.82) is 0 Å². The minimum atomic E-state index is -0.882. The molecule has 0 amide bonds. The molecule has 3 fully saturated rings. The topological polar surface area (TPSA) is 83.0 Å². The molecular weight excluding hydrogens is 571 g/mol. The standard InChI is InChI=1S/C24H20F2N4O3.C7H12FN.C2H6/c1-3-30(14-11-27-33-12-14)23-18-10-19(25)20(21(26)22(18)28-24(29-23)32-2)17-9-15(31)8-13-6-4-5-7-16(13)17;8-6-4-7-2-1-3-9(7)5-6;1-2/h3-10,14,27,31H,1,11-12H2,2H3;6-7H,1-5H2;1-2H3/t14-;;/m1../s1. The highest BCUT2D eigenvalue weighted by Crippen LogP contribution is 2.40. The quantitative estimate of drug-likeness (QED) is 0.265. The van der Waals surface area contributed by atoms with E-state index in [-0.39, 0.29) is 45.6 Å². The number of phenolic OH excluding ortho intramolecular Hbond substituents is 1. The van der Waals surface area contributed by atoms with E-state index in [1.54, 1.807) is 35.2 Å². The van der Waals surface area contributed by atoms with Crippen LogP contribution in [0.5, 0.6) is 11.8 Å². The number of nitrogens with zero attached hydrogens (tertiary/aromatic N) is 4. The van der Waals surface area contributed by atoms with E-state index in [1.807, 2.05) is 13.8 Å². The molecule has 44 heavy (non-hydrogen) atoms. The van der Waals surface area contributed by atoms with E-state index in [9.17, 15) is 9.50 Å². The third-order valence-corrected chi connectivity index (χ3v) is 8.13. The maximum Gasteiger partial charge on any atom is 0.318 e. The predicted molar refractivity (Wildman–Crippen MR) is 166 cm³/mol. The summed E-state index contributed by atoms with van der Waals surface area (Å²) in [5.41, 5.74) is 2.59. The molecule has 4 aromatic rings. The molecule has 234 valence electrons. The number of nitrogens with one attached hydrogen (secondary N) is 1. The first-order chi connectivity index (χ1) is 21.4. The molecule has 0 bridgehead atoms. The van der Waals surface area contributed by atoms with Crippen molar-refractivity contribution >= 4 is 27.5 Å². The molecule has 3 aromatic carbocycles. The Morgan fingerprint density at radius 3 is 2.66 bits per heavy atom. The summed E-state index contributed by atoms with van der Waals surface area (Å²) in [5, 5.41) is 11.6. The minimum absolute atomic E-state index is 0.0755. The first kappa shape index (κ1) is 31.5. The Morgan fingerprint density at radius 2 is 1.95 bits per heavy atom. The Balaban J connectivity index is 0.000000294. The van der Waals surface area contributed by atoms with Crippen LogP contribution in [0.2, 0.25) is 0 Å². The monoisotopic (exact) mass is 609 g/mol. The molecule has 0 saturated carbocycles. The average molecular weight is 610 g/mol. The van der Waals surface area contributed by atoms with E-state index in [1.165, 1.54) is 38.3 Å².